The van der Waals surface area contributed by atoms with Gasteiger partial charge >= 0.3 is 5.97 Å². The van der Waals surface area contributed by atoms with Gasteiger partial charge in [-0.3, -0.25) is 4.90 Å². The van der Waals surface area contributed by atoms with Crippen LogP contribution in [0.2, 0.25) is 0 Å². The summed E-state index contributed by atoms with van der Waals surface area (Å²) in [6.45, 7) is 2.79. The predicted molar refractivity (Wildman–Crippen MR) is 137 cm³/mol. The van der Waals surface area contributed by atoms with Crippen molar-refractivity contribution in [2.45, 2.75) is 6.54 Å². The normalized spacial score (nSPS) is 14.5. The lowest BCUT2D eigenvalue weighted by Gasteiger charge is -2.36. The molecule has 0 spiro atoms. The van der Waals surface area contributed by atoms with Crippen LogP contribution >= 0.6 is 0 Å². The quantitative estimate of drug-likeness (QED) is 0.303. The van der Waals surface area contributed by atoms with Gasteiger partial charge in [0.2, 0.25) is 5.95 Å². The highest BCUT2D eigenvalue weighted by Gasteiger charge is 2.23. The number of piperazine rings is 1. The number of anilines is 2. The number of nitrogen functional groups attached to an aromatic ring is 1. The number of carboxylic acids is 1. The van der Waals surface area contributed by atoms with E-state index in [0.29, 0.717) is 56.4 Å². The largest absolute Gasteiger partial charge is 0.479 e. The first kappa shape index (κ1) is 24.6. The van der Waals surface area contributed by atoms with Crippen LogP contribution in [-0.2, 0) is 11.3 Å². The fourth-order valence-corrected chi connectivity index (χ4v) is 4.75. The summed E-state index contributed by atoms with van der Waals surface area (Å²) in [6.07, 6.45) is 3.32. The topological polar surface area (TPSA) is 140 Å². The van der Waals surface area contributed by atoms with E-state index >= 15 is 0 Å². The first-order valence-electron chi connectivity index (χ1n) is 12.2. The third-order valence-electron chi connectivity index (χ3n) is 6.70. The average molecular weight is 539 g/mol. The van der Waals surface area contributed by atoms with Gasteiger partial charge in [0, 0.05) is 44.9 Å². The monoisotopic (exact) mass is 538 g/mol. The molecule has 5 aromatic rings. The Labute approximate surface area is 219 Å². The standard InChI is InChI=1S/C25H24F2N8O4/c26-16-10-17(27)22(39-14-23(36)37)12-20(16)33-6-3-32(4-7-33)5-8-34-24-15(13-29-34)19-11-18(21-2-1-9-38-21)31-35(19)25(28)30-24/h1-2,9-13H,3-8,14H2,(H2,28,30)(H,36,37). The van der Waals surface area contributed by atoms with E-state index < -0.39 is 24.2 Å². The molecule has 0 saturated carbocycles. The van der Waals surface area contributed by atoms with Crippen molar-refractivity contribution in [2.24, 2.45) is 0 Å². The lowest BCUT2D eigenvalue weighted by molar-refractivity contribution is -0.139. The molecule has 4 aromatic heterocycles. The summed E-state index contributed by atoms with van der Waals surface area (Å²) in [4.78, 5) is 19.3. The van der Waals surface area contributed by atoms with Crippen molar-refractivity contribution >= 4 is 34.2 Å². The van der Waals surface area contributed by atoms with Gasteiger partial charge in [0.25, 0.3) is 0 Å². The summed E-state index contributed by atoms with van der Waals surface area (Å²) in [5.41, 5.74) is 8.44. The van der Waals surface area contributed by atoms with Crippen LogP contribution in [0.25, 0.3) is 28.0 Å². The Balaban J connectivity index is 1.13. The number of hydrogen-bond acceptors (Lipinski definition) is 9. The molecular formula is C25H24F2N8O4. The molecule has 0 bridgehead atoms. The molecule has 1 aliphatic rings. The molecule has 1 aromatic carbocycles. The van der Waals surface area contributed by atoms with Crippen molar-refractivity contribution in [3.63, 3.8) is 0 Å². The van der Waals surface area contributed by atoms with Gasteiger partial charge in [-0.15, -0.1) is 0 Å². The number of carboxylic acid groups (broad SMARTS) is 1. The van der Waals surface area contributed by atoms with Gasteiger partial charge < -0.3 is 24.9 Å². The fourth-order valence-electron chi connectivity index (χ4n) is 4.75. The number of halogens is 2. The SMILES string of the molecule is Nc1nc2c(cnn2CCN2CCN(c3cc(OCC(=O)O)c(F)cc3F)CC2)c2cc(-c3ccco3)nn12. The lowest BCUT2D eigenvalue weighted by atomic mass is 10.2. The molecular weight excluding hydrogens is 514 g/mol. The number of aliphatic carboxylic acids is 1. The first-order chi connectivity index (χ1) is 18.9. The highest BCUT2D eigenvalue weighted by molar-refractivity contribution is 5.93. The molecule has 202 valence electrons. The molecule has 0 amide bonds. The van der Waals surface area contributed by atoms with Crippen LogP contribution in [-0.4, -0.2) is 79.7 Å². The van der Waals surface area contributed by atoms with Gasteiger partial charge in [-0.1, -0.05) is 0 Å². The number of carbonyl (C=O) groups is 1. The average Bonchev–Trinajstić information content (AvgIpc) is 3.67. The van der Waals surface area contributed by atoms with Crippen LogP contribution in [0.3, 0.4) is 0 Å². The zero-order valence-corrected chi connectivity index (χ0v) is 20.6. The van der Waals surface area contributed by atoms with E-state index in [-0.39, 0.29) is 17.4 Å². The minimum atomic E-state index is -1.25. The zero-order chi connectivity index (χ0) is 27.1. The summed E-state index contributed by atoms with van der Waals surface area (Å²) in [7, 11) is 0. The van der Waals surface area contributed by atoms with Crippen molar-refractivity contribution in [3.8, 4) is 17.2 Å². The highest BCUT2D eigenvalue weighted by Crippen LogP contribution is 2.29. The maximum Gasteiger partial charge on any atom is 0.341 e. The Morgan fingerprint density at radius 2 is 1.95 bits per heavy atom. The molecule has 0 atom stereocenters. The first-order valence-corrected chi connectivity index (χ1v) is 12.2. The number of aromatic nitrogens is 5. The van der Waals surface area contributed by atoms with Crippen LogP contribution in [0.5, 0.6) is 5.75 Å². The molecule has 39 heavy (non-hydrogen) atoms. The van der Waals surface area contributed by atoms with E-state index in [1.165, 1.54) is 6.07 Å². The van der Waals surface area contributed by atoms with Gasteiger partial charge in [-0.05, 0) is 18.2 Å². The van der Waals surface area contributed by atoms with Crippen LogP contribution in [0.4, 0.5) is 20.4 Å². The van der Waals surface area contributed by atoms with Crippen LogP contribution in [0.1, 0.15) is 0 Å². The van der Waals surface area contributed by atoms with Crippen molar-refractivity contribution in [3.05, 3.63) is 54.4 Å². The lowest BCUT2D eigenvalue weighted by Crippen LogP contribution is -2.47. The van der Waals surface area contributed by atoms with E-state index in [2.05, 4.69) is 20.1 Å². The number of ether oxygens (including phenoxy) is 1. The summed E-state index contributed by atoms with van der Waals surface area (Å²) in [5, 5.41) is 18.6. The Morgan fingerprint density at radius 1 is 1.13 bits per heavy atom. The van der Waals surface area contributed by atoms with Crippen LogP contribution < -0.4 is 15.4 Å². The third kappa shape index (κ3) is 4.69. The van der Waals surface area contributed by atoms with Gasteiger partial charge in [0.15, 0.2) is 29.6 Å². The van der Waals surface area contributed by atoms with Gasteiger partial charge in [0.05, 0.1) is 35.6 Å². The molecule has 1 fully saturated rings. The number of nitrogens with zero attached hydrogens (tertiary/aromatic N) is 7. The Hall–Kier alpha value is -4.72. The summed E-state index contributed by atoms with van der Waals surface area (Å²) >= 11 is 0. The number of benzene rings is 1. The summed E-state index contributed by atoms with van der Waals surface area (Å²) in [6, 6.07) is 7.43. The van der Waals surface area contributed by atoms with E-state index in [0.717, 1.165) is 17.0 Å². The van der Waals surface area contributed by atoms with Gasteiger partial charge in [0.1, 0.15) is 11.5 Å². The minimum absolute atomic E-state index is 0.174. The fraction of sp³-hybridized carbons (Fsp3) is 0.280. The number of nitrogens with two attached hydrogens (primary N) is 1. The number of rotatable bonds is 8. The maximum absolute atomic E-state index is 14.5. The van der Waals surface area contributed by atoms with Crippen molar-refractivity contribution in [2.75, 3.05) is 50.0 Å². The molecule has 0 aliphatic carbocycles. The van der Waals surface area contributed by atoms with E-state index in [1.807, 2.05) is 12.1 Å². The second kappa shape index (κ2) is 9.87. The van der Waals surface area contributed by atoms with Crippen LogP contribution in [0, 0.1) is 11.6 Å². The number of furan rings is 1. The Morgan fingerprint density at radius 3 is 2.69 bits per heavy atom. The van der Waals surface area contributed by atoms with E-state index in [9.17, 15) is 13.6 Å². The molecule has 0 radical (unpaired) electrons. The van der Waals surface area contributed by atoms with Gasteiger partial charge in [-0.2, -0.15) is 19.7 Å². The van der Waals surface area contributed by atoms with Crippen LogP contribution in [0.15, 0.2) is 47.2 Å². The molecule has 3 N–H and O–H groups in total. The maximum atomic E-state index is 14.5. The zero-order valence-electron chi connectivity index (χ0n) is 20.6. The van der Waals surface area contributed by atoms with E-state index in [1.54, 1.807) is 32.6 Å². The van der Waals surface area contributed by atoms with Crippen molar-refractivity contribution in [1.82, 2.24) is 29.3 Å². The molecule has 5 heterocycles. The van der Waals surface area contributed by atoms with Gasteiger partial charge in [-0.25, -0.2) is 18.3 Å². The molecule has 14 heteroatoms. The molecule has 12 nitrogen and oxygen atoms in total. The molecule has 0 unspecified atom stereocenters. The molecule has 6 rings (SSSR count). The Bertz CT molecular complexity index is 1660. The third-order valence-corrected chi connectivity index (χ3v) is 6.70. The molecule has 1 aliphatic heterocycles. The number of hydrogen-bond donors (Lipinski definition) is 2. The minimum Gasteiger partial charge on any atom is -0.479 e. The smallest absolute Gasteiger partial charge is 0.341 e. The number of fused-ring (bicyclic) bond motifs is 3. The van der Waals surface area contributed by atoms with Crippen molar-refractivity contribution < 1.29 is 27.8 Å². The summed E-state index contributed by atoms with van der Waals surface area (Å²) in [5.74, 6) is -2.35. The second-order valence-corrected chi connectivity index (χ2v) is 9.12. The Kier molecular flexibility index (Phi) is 6.23. The second-order valence-electron chi connectivity index (χ2n) is 9.12. The molecule has 1 saturated heterocycles. The van der Waals surface area contributed by atoms with Crippen molar-refractivity contribution in [1.29, 1.82) is 0 Å². The van der Waals surface area contributed by atoms with E-state index in [4.69, 9.17) is 20.0 Å². The summed E-state index contributed by atoms with van der Waals surface area (Å²) < 4.78 is 42.3. The highest BCUT2D eigenvalue weighted by atomic mass is 19.1. The predicted octanol–water partition coefficient (Wildman–Crippen LogP) is 2.49.